The molecule has 2 aromatic heterocycles. The molecule has 1 aliphatic carbocycles. The van der Waals surface area contributed by atoms with Crippen molar-refractivity contribution < 1.29 is 57.3 Å². The van der Waals surface area contributed by atoms with Crippen LogP contribution in [0.1, 0.15) is 105 Å². The Morgan fingerprint density at radius 3 is 1.61 bits per heavy atom. The summed E-state index contributed by atoms with van der Waals surface area (Å²) in [6, 6.07) is 43.6. The lowest BCUT2D eigenvalue weighted by Crippen LogP contribution is -2.16. The highest BCUT2D eigenvalue weighted by molar-refractivity contribution is 6.20. The Balaban J connectivity index is 0.769. The van der Waals surface area contributed by atoms with Gasteiger partial charge in [-0.1, -0.05) is 83.1 Å². The third-order valence-electron chi connectivity index (χ3n) is 14.8. The molecule has 2 heterocycles. The Morgan fingerprint density at radius 2 is 1.06 bits per heavy atom. The first-order valence-corrected chi connectivity index (χ1v) is 28.5. The number of aromatic nitrogens is 2. The van der Waals surface area contributed by atoms with Gasteiger partial charge in [0.25, 0.3) is 0 Å². The van der Waals surface area contributed by atoms with Gasteiger partial charge in [-0.25, -0.2) is 4.79 Å². The number of oxime groups is 2. The van der Waals surface area contributed by atoms with Gasteiger partial charge in [0.05, 0.1) is 39.6 Å². The van der Waals surface area contributed by atoms with Crippen molar-refractivity contribution in [1.29, 1.82) is 0 Å². The van der Waals surface area contributed by atoms with Crippen LogP contribution in [0.25, 0.3) is 38.8 Å². The zero-order valence-electron chi connectivity index (χ0n) is 48.5. The summed E-state index contributed by atoms with van der Waals surface area (Å²) in [6.07, 6.45) is 3.16. The van der Waals surface area contributed by atoms with Crippen molar-refractivity contribution in [2.75, 3.05) is 52.9 Å². The number of ether oxygens (including phenoxy) is 6. The molecule has 0 fully saturated rings. The topological polar surface area (TPSA) is 188 Å². The fourth-order valence-corrected chi connectivity index (χ4v) is 10.9. The van der Waals surface area contributed by atoms with Crippen molar-refractivity contribution in [2.24, 2.45) is 10.3 Å². The molecular formula is C69H66N4O12. The number of aryl methyl sites for hydroxylation is 3. The SMILES string of the molecule is CCOc1cccc(OCCOCCOCCOc2cccc(OCC)c2C(=O)c2ccc3[nH]c4ccc(/C(=N/OC=O)c5ccccc5C)cc4c3c2)c1C(=O)C1=Cc2c(n(CC)c3ccc(/C(=N/OC(C)=O)c4ccccc4C)cc23)CC1. The predicted octanol–water partition coefficient (Wildman–Crippen LogP) is 12.9. The van der Waals surface area contributed by atoms with E-state index in [0.717, 1.165) is 83.9 Å². The molecule has 0 aliphatic heterocycles. The minimum atomic E-state index is -0.518. The van der Waals surface area contributed by atoms with Crippen molar-refractivity contribution >= 4 is 74.2 Å². The number of hydrogen-bond acceptors (Lipinski definition) is 14. The number of benzene rings is 7. The van der Waals surface area contributed by atoms with E-state index in [1.165, 1.54) is 6.92 Å². The highest BCUT2D eigenvalue weighted by Crippen LogP contribution is 2.40. The van der Waals surface area contributed by atoms with Gasteiger partial charge in [-0.2, -0.15) is 0 Å². The third kappa shape index (κ3) is 12.8. The maximum atomic E-state index is 14.8. The van der Waals surface area contributed by atoms with Crippen LogP contribution in [-0.2, 0) is 41.7 Å². The van der Waals surface area contributed by atoms with E-state index >= 15 is 0 Å². The van der Waals surface area contributed by atoms with E-state index in [-0.39, 0.29) is 51.2 Å². The fourth-order valence-electron chi connectivity index (χ4n) is 10.9. The van der Waals surface area contributed by atoms with E-state index in [9.17, 15) is 19.2 Å². The van der Waals surface area contributed by atoms with E-state index in [1.54, 1.807) is 36.4 Å². The lowest BCUT2D eigenvalue weighted by atomic mass is 9.89. The van der Waals surface area contributed by atoms with Gasteiger partial charge in [-0.3, -0.25) is 14.4 Å². The van der Waals surface area contributed by atoms with Gasteiger partial charge in [-0.15, -0.1) is 0 Å². The summed E-state index contributed by atoms with van der Waals surface area (Å²) >= 11 is 0. The second-order valence-electron chi connectivity index (χ2n) is 20.2. The quantitative estimate of drug-likeness (QED) is 0.0128. The second-order valence-corrected chi connectivity index (χ2v) is 20.2. The zero-order valence-corrected chi connectivity index (χ0v) is 48.5. The molecule has 1 N–H and O–H groups in total. The molecule has 9 aromatic rings. The van der Waals surface area contributed by atoms with E-state index < -0.39 is 5.97 Å². The van der Waals surface area contributed by atoms with Crippen molar-refractivity contribution in [2.45, 2.75) is 60.9 Å². The highest BCUT2D eigenvalue weighted by Gasteiger charge is 2.29. The van der Waals surface area contributed by atoms with Crippen LogP contribution in [0.4, 0.5) is 0 Å². The Kier molecular flexibility index (Phi) is 18.7. The number of ketones is 2. The molecule has 0 bridgehead atoms. The summed E-state index contributed by atoms with van der Waals surface area (Å²) in [6.45, 7) is 14.1. The molecule has 16 heteroatoms. The lowest BCUT2D eigenvalue weighted by molar-refractivity contribution is -0.141. The standard InChI is InChI=1S/C69H66N4O12/c1-7-73-58-30-26-47(67(72-85-45(6)75)51-19-13-11-17-44(51)5)39-54(58)55-41-49(27-31-59(55)73)69(77)65-61(81-9-3)21-15-23-63(65)83-37-35-79-33-32-78-34-36-82-62-22-14-20-60(80-8-2)64(62)68(76)48-25-29-57-53(40-48)52-38-46(24-28-56(52)70-57)66(71-84-42-74)50-18-12-10-16-43(50)4/h10-26,28-30,38-42,70H,7-9,27,31-37H2,1-6H3/b71-66-,72-67-. The molecule has 0 amide bonds. The van der Waals surface area contributed by atoms with Gasteiger partial charge in [-0.05, 0) is 131 Å². The number of H-pyrrole nitrogens is 1. The molecule has 16 nitrogen and oxygen atoms in total. The number of rotatable bonds is 27. The molecule has 85 heavy (non-hydrogen) atoms. The number of Topliss-reactive ketones (excluding diaryl/α,β-unsaturated/α-hetero) is 1. The maximum absolute atomic E-state index is 14.8. The number of aromatic amines is 1. The Bertz CT molecular complexity index is 4070. The van der Waals surface area contributed by atoms with Crippen LogP contribution in [0.15, 0.2) is 155 Å². The average Bonchev–Trinajstić information content (AvgIpc) is 2.81. The van der Waals surface area contributed by atoms with Crippen LogP contribution in [0.2, 0.25) is 0 Å². The van der Waals surface area contributed by atoms with Crippen LogP contribution >= 0.6 is 0 Å². The molecule has 0 saturated carbocycles. The summed E-state index contributed by atoms with van der Waals surface area (Å²) in [4.78, 5) is 66.1. The molecule has 0 spiro atoms. The summed E-state index contributed by atoms with van der Waals surface area (Å²) in [5, 5.41) is 11.1. The molecular weight excluding hydrogens is 1080 g/mol. The van der Waals surface area contributed by atoms with Crippen molar-refractivity contribution in [3.8, 4) is 23.0 Å². The average molecular weight is 1140 g/mol. The first kappa shape index (κ1) is 58.6. The van der Waals surface area contributed by atoms with Crippen molar-refractivity contribution in [1.82, 2.24) is 9.55 Å². The van der Waals surface area contributed by atoms with Crippen molar-refractivity contribution in [3.05, 3.63) is 206 Å². The number of nitrogens with zero attached hydrogens (tertiary/aromatic N) is 3. The van der Waals surface area contributed by atoms with E-state index in [1.807, 2.05) is 125 Å². The number of carbonyl (C=O) groups excluding carboxylic acids is 4. The summed E-state index contributed by atoms with van der Waals surface area (Å²) in [7, 11) is 0. The molecule has 0 saturated heterocycles. The zero-order chi connectivity index (χ0) is 59.4. The monoisotopic (exact) mass is 1140 g/mol. The third-order valence-corrected chi connectivity index (χ3v) is 14.8. The molecule has 1 aliphatic rings. The van der Waals surface area contributed by atoms with Crippen LogP contribution in [-0.4, -0.2) is 97.8 Å². The molecule has 0 radical (unpaired) electrons. The highest BCUT2D eigenvalue weighted by atomic mass is 16.7. The van der Waals surface area contributed by atoms with Gasteiger partial charge in [0.2, 0.25) is 5.78 Å². The molecule has 10 rings (SSSR count). The molecule has 0 unspecified atom stereocenters. The summed E-state index contributed by atoms with van der Waals surface area (Å²) in [5.74, 6) is 0.601. The molecule has 7 aromatic carbocycles. The minimum absolute atomic E-state index is 0.148. The van der Waals surface area contributed by atoms with Crippen LogP contribution in [0.3, 0.4) is 0 Å². The number of fused-ring (bicyclic) bond motifs is 6. The largest absolute Gasteiger partial charge is 0.493 e. The van der Waals surface area contributed by atoms with Crippen LogP contribution < -0.4 is 18.9 Å². The number of allylic oxidation sites excluding steroid dienone is 1. The van der Waals surface area contributed by atoms with Crippen molar-refractivity contribution in [3.63, 3.8) is 0 Å². The first-order valence-electron chi connectivity index (χ1n) is 28.5. The smallest absolute Gasteiger partial charge is 0.332 e. The van der Waals surface area contributed by atoms with Crippen LogP contribution in [0.5, 0.6) is 23.0 Å². The summed E-state index contributed by atoms with van der Waals surface area (Å²) < 4.78 is 38.6. The lowest BCUT2D eigenvalue weighted by Gasteiger charge is -2.19. The van der Waals surface area contributed by atoms with Crippen LogP contribution in [0, 0.1) is 13.8 Å². The Labute approximate surface area is 492 Å². The van der Waals surface area contributed by atoms with Gasteiger partial charge in [0.1, 0.15) is 58.8 Å². The van der Waals surface area contributed by atoms with E-state index in [0.29, 0.717) is 89.2 Å². The fraction of sp³-hybridized carbons (Fsp3) is 0.246. The van der Waals surface area contributed by atoms with Gasteiger partial charge < -0.3 is 47.6 Å². The number of carbonyl (C=O) groups is 4. The van der Waals surface area contributed by atoms with Gasteiger partial charge >= 0.3 is 12.4 Å². The summed E-state index contributed by atoms with van der Waals surface area (Å²) in [5.41, 5.74) is 12.6. The normalized spacial score (nSPS) is 12.5. The van der Waals surface area contributed by atoms with Gasteiger partial charge in [0, 0.05) is 90.8 Å². The molecule has 434 valence electrons. The van der Waals surface area contributed by atoms with Gasteiger partial charge in [0.15, 0.2) is 5.78 Å². The first-order chi connectivity index (χ1) is 41.5. The Morgan fingerprint density at radius 1 is 0.553 bits per heavy atom. The molecule has 0 atom stereocenters. The second kappa shape index (κ2) is 27.2. The van der Waals surface area contributed by atoms with E-state index in [4.69, 9.17) is 38.1 Å². The Hall–Kier alpha value is -9.64. The number of hydrogen-bond donors (Lipinski definition) is 1. The predicted molar refractivity (Wildman–Crippen MR) is 328 cm³/mol. The minimum Gasteiger partial charge on any atom is -0.493 e. The maximum Gasteiger partial charge on any atom is 0.332 e. The van der Waals surface area contributed by atoms with E-state index in [2.05, 4.69) is 38.9 Å². The number of nitrogens with one attached hydrogen (secondary N) is 1.